The van der Waals surface area contributed by atoms with Gasteiger partial charge >= 0.3 is 0 Å². The average molecular weight is 242 g/mol. The molecule has 0 aliphatic heterocycles. The normalized spacial score (nSPS) is 12.8. The topological polar surface area (TPSA) is 31.6 Å². The zero-order chi connectivity index (χ0) is 13.3. The molecule has 2 nitrogen and oxygen atoms in total. The lowest BCUT2D eigenvalue weighted by Gasteiger charge is -2.03. The molecule has 96 valence electrons. The zero-order valence-electron chi connectivity index (χ0n) is 11.9. The van der Waals surface area contributed by atoms with Crippen LogP contribution in [0.2, 0.25) is 0 Å². The van der Waals surface area contributed by atoms with Crippen LogP contribution < -0.4 is 0 Å². The molecule has 0 atom stereocenters. The fraction of sp³-hybridized carbons (Fsp3) is 0.375. The number of aryl methyl sites for hydroxylation is 1. The number of aromatic amines is 2. The molecule has 0 amide bonds. The third kappa shape index (κ3) is 1.92. The molecule has 0 aliphatic rings. The van der Waals surface area contributed by atoms with E-state index in [1.807, 2.05) is 6.92 Å². The van der Waals surface area contributed by atoms with E-state index < -0.39 is 0 Å². The maximum absolute atomic E-state index is 3.55. The molecule has 2 heterocycles. The number of rotatable bonds is 3. The minimum absolute atomic E-state index is 0.523. The summed E-state index contributed by atoms with van der Waals surface area (Å²) >= 11 is 0. The smallest absolute Gasteiger partial charge is 0.0719 e. The van der Waals surface area contributed by atoms with Gasteiger partial charge in [0.25, 0.3) is 0 Å². The van der Waals surface area contributed by atoms with Crippen LogP contribution in [-0.4, -0.2) is 9.97 Å². The molecule has 0 spiro atoms. The zero-order valence-corrected chi connectivity index (χ0v) is 11.9. The summed E-state index contributed by atoms with van der Waals surface area (Å²) in [5.74, 6) is 0.523. The molecule has 18 heavy (non-hydrogen) atoms. The Morgan fingerprint density at radius 2 is 1.61 bits per heavy atom. The van der Waals surface area contributed by atoms with Crippen LogP contribution >= 0.6 is 0 Å². The maximum atomic E-state index is 3.55. The van der Waals surface area contributed by atoms with Crippen molar-refractivity contribution in [2.24, 2.45) is 0 Å². The number of allylic oxidation sites excluding steroid dienone is 2. The van der Waals surface area contributed by atoms with Crippen molar-refractivity contribution in [3.63, 3.8) is 0 Å². The predicted octanol–water partition coefficient (Wildman–Crippen LogP) is 4.99. The first-order valence-electron chi connectivity index (χ1n) is 6.59. The van der Waals surface area contributed by atoms with E-state index in [1.165, 1.54) is 33.5 Å². The van der Waals surface area contributed by atoms with Crippen LogP contribution in [0.25, 0.3) is 23.2 Å². The van der Waals surface area contributed by atoms with Crippen molar-refractivity contribution in [1.29, 1.82) is 0 Å². The molecule has 2 aromatic rings. The van der Waals surface area contributed by atoms with Crippen LogP contribution in [0.1, 0.15) is 56.1 Å². The fourth-order valence-electron chi connectivity index (χ4n) is 2.67. The van der Waals surface area contributed by atoms with Crippen molar-refractivity contribution in [1.82, 2.24) is 9.97 Å². The summed E-state index contributed by atoms with van der Waals surface area (Å²) < 4.78 is 0. The summed E-state index contributed by atoms with van der Waals surface area (Å²) in [6, 6.07) is 0. The molecule has 2 N–H and O–H groups in total. The van der Waals surface area contributed by atoms with E-state index in [-0.39, 0.29) is 0 Å². The highest BCUT2D eigenvalue weighted by Gasteiger charge is 2.17. The molecule has 0 bridgehead atoms. The molecule has 0 radical (unpaired) electrons. The highest BCUT2D eigenvalue weighted by atomic mass is 14.8. The first-order valence-corrected chi connectivity index (χ1v) is 6.59. The SMILES string of the molecule is C/C=C\c1[nH]c2c(C(C)C)c(C)[nH]c2c1/C=C\C. The third-order valence-corrected chi connectivity index (χ3v) is 3.30. The highest BCUT2D eigenvalue weighted by Crippen LogP contribution is 2.33. The summed E-state index contributed by atoms with van der Waals surface area (Å²) in [7, 11) is 0. The Morgan fingerprint density at radius 1 is 0.944 bits per heavy atom. The molecule has 2 rings (SSSR count). The maximum Gasteiger partial charge on any atom is 0.0719 e. The summed E-state index contributed by atoms with van der Waals surface area (Å²) in [5, 5.41) is 0. The van der Waals surface area contributed by atoms with Gasteiger partial charge in [0.1, 0.15) is 0 Å². The van der Waals surface area contributed by atoms with Gasteiger partial charge in [-0.1, -0.05) is 32.1 Å². The van der Waals surface area contributed by atoms with E-state index in [2.05, 4.69) is 62.0 Å². The van der Waals surface area contributed by atoms with Crippen LogP contribution in [0.5, 0.6) is 0 Å². The van der Waals surface area contributed by atoms with Gasteiger partial charge in [0, 0.05) is 17.0 Å². The van der Waals surface area contributed by atoms with Crippen molar-refractivity contribution < 1.29 is 0 Å². The van der Waals surface area contributed by atoms with Crippen molar-refractivity contribution in [2.75, 3.05) is 0 Å². The Labute approximate surface area is 109 Å². The molecule has 0 saturated heterocycles. The molecular weight excluding hydrogens is 220 g/mol. The Kier molecular flexibility index (Phi) is 3.46. The first-order chi connectivity index (χ1) is 8.60. The molecule has 2 aromatic heterocycles. The second kappa shape index (κ2) is 4.89. The van der Waals surface area contributed by atoms with Crippen LogP contribution in [-0.2, 0) is 0 Å². The molecular formula is C16H22N2. The number of nitrogens with one attached hydrogen (secondary N) is 2. The number of H-pyrrole nitrogens is 2. The molecule has 0 aliphatic carbocycles. The monoisotopic (exact) mass is 242 g/mol. The lowest BCUT2D eigenvalue weighted by atomic mass is 10.0. The van der Waals surface area contributed by atoms with Gasteiger partial charge in [0.2, 0.25) is 0 Å². The number of fused-ring (bicyclic) bond motifs is 1. The van der Waals surface area contributed by atoms with Gasteiger partial charge < -0.3 is 9.97 Å². The van der Waals surface area contributed by atoms with E-state index >= 15 is 0 Å². The van der Waals surface area contributed by atoms with Gasteiger partial charge in [0.15, 0.2) is 0 Å². The Bertz CT molecular complexity index is 607. The van der Waals surface area contributed by atoms with Crippen molar-refractivity contribution in [3.8, 4) is 0 Å². The van der Waals surface area contributed by atoms with Gasteiger partial charge in [-0.05, 0) is 38.3 Å². The van der Waals surface area contributed by atoms with Crippen molar-refractivity contribution in [2.45, 2.75) is 40.5 Å². The summed E-state index contributed by atoms with van der Waals surface area (Å²) in [4.78, 5) is 7.08. The van der Waals surface area contributed by atoms with Crippen molar-refractivity contribution in [3.05, 3.63) is 34.7 Å². The number of hydrogen-bond acceptors (Lipinski definition) is 0. The highest BCUT2D eigenvalue weighted by molar-refractivity contribution is 5.93. The summed E-state index contributed by atoms with van der Waals surface area (Å²) in [5.41, 5.74) is 7.57. The third-order valence-electron chi connectivity index (χ3n) is 3.30. The van der Waals surface area contributed by atoms with Gasteiger partial charge in [-0.2, -0.15) is 0 Å². The number of hydrogen-bond donors (Lipinski definition) is 2. The molecule has 0 fully saturated rings. The van der Waals surface area contributed by atoms with Gasteiger partial charge in [-0.15, -0.1) is 0 Å². The van der Waals surface area contributed by atoms with Gasteiger partial charge in [-0.25, -0.2) is 0 Å². The van der Waals surface area contributed by atoms with Gasteiger partial charge in [0.05, 0.1) is 11.0 Å². The Hall–Kier alpha value is -1.70. The lowest BCUT2D eigenvalue weighted by molar-refractivity contribution is 0.861. The lowest BCUT2D eigenvalue weighted by Crippen LogP contribution is -1.89. The summed E-state index contributed by atoms with van der Waals surface area (Å²) in [6.45, 7) is 10.7. The molecule has 2 heteroatoms. The fourth-order valence-corrected chi connectivity index (χ4v) is 2.67. The largest absolute Gasteiger partial charge is 0.357 e. The molecule has 0 unspecified atom stereocenters. The Balaban J connectivity index is 2.78. The van der Waals surface area contributed by atoms with E-state index in [0.29, 0.717) is 5.92 Å². The Morgan fingerprint density at radius 3 is 2.17 bits per heavy atom. The van der Waals surface area contributed by atoms with E-state index in [0.717, 1.165) is 0 Å². The summed E-state index contributed by atoms with van der Waals surface area (Å²) in [6.07, 6.45) is 8.44. The second-order valence-corrected chi connectivity index (χ2v) is 5.02. The van der Waals surface area contributed by atoms with Gasteiger partial charge in [-0.3, -0.25) is 0 Å². The van der Waals surface area contributed by atoms with E-state index in [4.69, 9.17) is 0 Å². The van der Waals surface area contributed by atoms with Crippen LogP contribution in [0.3, 0.4) is 0 Å². The molecule has 0 saturated carbocycles. The van der Waals surface area contributed by atoms with Crippen molar-refractivity contribution >= 4 is 23.2 Å². The molecule has 0 aromatic carbocycles. The quantitative estimate of drug-likeness (QED) is 0.759. The minimum atomic E-state index is 0.523. The van der Waals surface area contributed by atoms with E-state index in [1.54, 1.807) is 0 Å². The first kappa shape index (κ1) is 12.7. The van der Waals surface area contributed by atoms with Crippen LogP contribution in [0.15, 0.2) is 12.2 Å². The van der Waals surface area contributed by atoms with Crippen LogP contribution in [0.4, 0.5) is 0 Å². The second-order valence-electron chi connectivity index (χ2n) is 5.02. The predicted molar refractivity (Wildman–Crippen MR) is 80.9 cm³/mol. The minimum Gasteiger partial charge on any atom is -0.357 e. The van der Waals surface area contributed by atoms with Crippen LogP contribution in [0, 0.1) is 6.92 Å². The average Bonchev–Trinajstić information content (AvgIpc) is 2.76. The van der Waals surface area contributed by atoms with E-state index in [9.17, 15) is 0 Å². The standard InChI is InChI=1S/C16H22N2/c1-6-8-12-13(9-7-2)18-16-14(10(3)4)11(5)17-15(12)16/h6-10,17-18H,1-5H3/b8-6-,9-7-. The number of aromatic nitrogens is 2.